The first kappa shape index (κ1) is 23.7. The van der Waals surface area contributed by atoms with Crippen LogP contribution in [-0.2, 0) is 6.18 Å². The lowest BCUT2D eigenvalue weighted by atomic mass is 9.73. The molecule has 2 saturated carbocycles. The summed E-state index contributed by atoms with van der Waals surface area (Å²) in [6, 6.07) is 1.33. The number of fused-ring (bicyclic) bond motifs is 2. The largest absolute Gasteiger partial charge is 0.433 e. The van der Waals surface area contributed by atoms with E-state index in [0.29, 0.717) is 34.9 Å². The average molecular weight is 507 g/mol. The monoisotopic (exact) mass is 506 g/mol. The predicted molar refractivity (Wildman–Crippen MR) is 113 cm³/mol. The summed E-state index contributed by atoms with van der Waals surface area (Å²) in [5.74, 6) is 1.06. The molecule has 5 unspecified atom stereocenters. The van der Waals surface area contributed by atoms with E-state index in [1.165, 1.54) is 17.7 Å². The molecule has 0 bridgehead atoms. The minimum Gasteiger partial charge on any atom is -0.376 e. The van der Waals surface area contributed by atoms with Gasteiger partial charge in [0.25, 0.3) is 12.3 Å². The molecule has 1 N–H and O–H groups in total. The Balaban J connectivity index is 1.40. The number of alkyl halides is 5. The van der Waals surface area contributed by atoms with E-state index in [-0.39, 0.29) is 19.1 Å². The number of amides is 1. The fourth-order valence-corrected chi connectivity index (χ4v) is 6.18. The van der Waals surface area contributed by atoms with Crippen molar-refractivity contribution < 1.29 is 31.9 Å². The summed E-state index contributed by atoms with van der Waals surface area (Å²) in [7, 11) is 0. The highest BCUT2D eigenvalue weighted by Gasteiger charge is 2.49. The molecule has 1 aliphatic heterocycles. The SMILES string of the molecule is CC1C2CCC2CC1N1CCN(C(=O)c2nn3c(C(F)(F)F)cc(C(F)F)cc3c2Cl)CC1O. The van der Waals surface area contributed by atoms with Gasteiger partial charge in [-0.1, -0.05) is 18.5 Å². The Hall–Kier alpha value is -1.98. The van der Waals surface area contributed by atoms with Crippen molar-refractivity contribution in [2.24, 2.45) is 17.8 Å². The molecule has 186 valence electrons. The van der Waals surface area contributed by atoms with E-state index in [1.807, 2.05) is 4.90 Å². The highest BCUT2D eigenvalue weighted by molar-refractivity contribution is 6.36. The quantitative estimate of drug-likeness (QED) is 0.625. The first-order chi connectivity index (χ1) is 16.0. The van der Waals surface area contributed by atoms with Crippen LogP contribution in [0.25, 0.3) is 5.52 Å². The summed E-state index contributed by atoms with van der Waals surface area (Å²) in [5, 5.41) is 14.1. The molecule has 2 aliphatic carbocycles. The third kappa shape index (κ3) is 3.76. The van der Waals surface area contributed by atoms with Crippen LogP contribution in [0.2, 0.25) is 5.02 Å². The molecule has 1 saturated heterocycles. The zero-order chi connectivity index (χ0) is 24.5. The number of carbonyl (C=O) groups is 1. The topological polar surface area (TPSA) is 61.1 Å². The molecule has 0 radical (unpaired) electrons. The van der Waals surface area contributed by atoms with Crippen molar-refractivity contribution in [2.75, 3.05) is 19.6 Å². The first-order valence-corrected chi connectivity index (χ1v) is 11.7. The van der Waals surface area contributed by atoms with Gasteiger partial charge in [-0.05, 0) is 49.1 Å². The van der Waals surface area contributed by atoms with E-state index in [0.717, 1.165) is 12.5 Å². The van der Waals surface area contributed by atoms with Crippen molar-refractivity contribution in [1.82, 2.24) is 19.4 Å². The molecule has 6 nitrogen and oxygen atoms in total. The van der Waals surface area contributed by atoms with Crippen LogP contribution in [0.4, 0.5) is 22.0 Å². The van der Waals surface area contributed by atoms with Crippen LogP contribution < -0.4 is 0 Å². The maximum atomic E-state index is 13.5. The molecule has 3 heterocycles. The van der Waals surface area contributed by atoms with Gasteiger partial charge in [-0.25, -0.2) is 13.3 Å². The van der Waals surface area contributed by atoms with Crippen molar-refractivity contribution >= 4 is 23.0 Å². The zero-order valence-corrected chi connectivity index (χ0v) is 19.0. The van der Waals surface area contributed by atoms with Crippen LogP contribution in [0.1, 0.15) is 54.4 Å². The summed E-state index contributed by atoms with van der Waals surface area (Å²) < 4.78 is 67.3. The van der Waals surface area contributed by atoms with Crippen LogP contribution in [-0.4, -0.2) is 62.3 Å². The number of aromatic nitrogens is 2. The standard InChI is InChI=1S/C22H24ClF5N4O2/c1-10-13-3-2-11(13)6-14(10)31-5-4-30(9-17(31)33)21(34)19-18(23)15-7-12(20(24)25)8-16(22(26,27)28)32(15)29-19/h7-8,10-11,13-14,17,20,33H,2-6,9H2,1H3. The highest BCUT2D eigenvalue weighted by Crippen LogP contribution is 2.52. The number of piperazine rings is 1. The molecule has 3 aliphatic rings. The smallest absolute Gasteiger partial charge is 0.376 e. The lowest BCUT2D eigenvalue weighted by Crippen LogP contribution is -2.58. The van der Waals surface area contributed by atoms with Gasteiger partial charge in [0.1, 0.15) is 11.9 Å². The first-order valence-electron chi connectivity index (χ1n) is 11.3. The van der Waals surface area contributed by atoms with Gasteiger partial charge >= 0.3 is 6.18 Å². The molecule has 2 aromatic heterocycles. The van der Waals surface area contributed by atoms with E-state index in [1.54, 1.807) is 0 Å². The van der Waals surface area contributed by atoms with E-state index in [4.69, 9.17) is 11.6 Å². The normalized spacial score (nSPS) is 30.1. The van der Waals surface area contributed by atoms with Crippen molar-refractivity contribution in [3.63, 3.8) is 0 Å². The fourth-order valence-electron chi connectivity index (χ4n) is 5.93. The Morgan fingerprint density at radius 3 is 2.50 bits per heavy atom. The molecule has 12 heteroatoms. The van der Waals surface area contributed by atoms with E-state index < -0.39 is 52.2 Å². The molecule has 0 spiro atoms. The summed E-state index contributed by atoms with van der Waals surface area (Å²) in [6.07, 6.45) is -5.64. The van der Waals surface area contributed by atoms with Gasteiger partial charge in [-0.3, -0.25) is 9.69 Å². The molecule has 34 heavy (non-hydrogen) atoms. The number of hydrogen-bond acceptors (Lipinski definition) is 4. The Labute approximate surface area is 197 Å². The Morgan fingerprint density at radius 1 is 1.24 bits per heavy atom. The number of aliphatic hydroxyl groups is 1. The second-order valence-corrected chi connectivity index (χ2v) is 9.94. The second kappa shape index (κ2) is 8.30. The molecule has 5 atom stereocenters. The minimum absolute atomic E-state index is 0.0456. The van der Waals surface area contributed by atoms with E-state index in [2.05, 4.69) is 12.0 Å². The van der Waals surface area contributed by atoms with Gasteiger partial charge in [0.15, 0.2) is 5.69 Å². The number of carbonyl (C=O) groups excluding carboxylic acids is 1. The molecule has 1 amide bonds. The molecule has 5 rings (SSSR count). The van der Waals surface area contributed by atoms with Gasteiger partial charge in [0, 0.05) is 24.7 Å². The molecule has 2 aromatic rings. The number of β-amino-alcohol motifs (C(OH)–C–C–N with tert-alkyl or cyclic N) is 1. The third-order valence-corrected chi connectivity index (χ3v) is 8.22. The van der Waals surface area contributed by atoms with Gasteiger partial charge < -0.3 is 10.0 Å². The van der Waals surface area contributed by atoms with Crippen LogP contribution >= 0.6 is 11.6 Å². The maximum Gasteiger partial charge on any atom is 0.433 e. The Morgan fingerprint density at radius 2 is 1.97 bits per heavy atom. The van der Waals surface area contributed by atoms with Crippen molar-refractivity contribution in [3.05, 3.63) is 34.1 Å². The number of rotatable bonds is 3. The lowest BCUT2D eigenvalue weighted by Gasteiger charge is -2.43. The zero-order valence-electron chi connectivity index (χ0n) is 18.3. The second-order valence-electron chi connectivity index (χ2n) is 9.57. The van der Waals surface area contributed by atoms with Crippen molar-refractivity contribution in [3.8, 4) is 0 Å². The van der Waals surface area contributed by atoms with Crippen LogP contribution in [0, 0.1) is 17.8 Å². The van der Waals surface area contributed by atoms with Crippen molar-refractivity contribution in [1.29, 1.82) is 0 Å². The summed E-state index contributed by atoms with van der Waals surface area (Å²) >= 11 is 6.18. The minimum atomic E-state index is -4.99. The molecule has 0 aromatic carbocycles. The van der Waals surface area contributed by atoms with Crippen LogP contribution in [0.15, 0.2) is 12.1 Å². The fraction of sp³-hybridized carbons (Fsp3) is 0.636. The van der Waals surface area contributed by atoms with Gasteiger partial charge in [-0.2, -0.15) is 18.3 Å². The van der Waals surface area contributed by atoms with Gasteiger partial charge in [0.05, 0.1) is 17.1 Å². The number of nitrogens with zero attached hydrogens (tertiary/aromatic N) is 4. The number of pyridine rings is 1. The number of hydrogen-bond donors (Lipinski definition) is 1. The third-order valence-electron chi connectivity index (χ3n) is 7.85. The number of halogens is 6. The van der Waals surface area contributed by atoms with E-state index >= 15 is 0 Å². The number of aliphatic hydroxyl groups excluding tert-OH is 1. The highest BCUT2D eigenvalue weighted by atomic mass is 35.5. The molecular formula is C22H24ClF5N4O2. The Kier molecular flexibility index (Phi) is 5.80. The lowest BCUT2D eigenvalue weighted by molar-refractivity contribution is -0.142. The van der Waals surface area contributed by atoms with Crippen molar-refractivity contribution in [2.45, 2.75) is 51.1 Å². The Bertz CT molecular complexity index is 1120. The van der Waals surface area contributed by atoms with Gasteiger partial charge in [0.2, 0.25) is 0 Å². The van der Waals surface area contributed by atoms with Crippen LogP contribution in [0.3, 0.4) is 0 Å². The van der Waals surface area contributed by atoms with E-state index in [9.17, 15) is 31.9 Å². The van der Waals surface area contributed by atoms with Gasteiger partial charge in [-0.15, -0.1) is 0 Å². The predicted octanol–water partition coefficient (Wildman–Crippen LogP) is 4.45. The molecule has 3 fully saturated rings. The summed E-state index contributed by atoms with van der Waals surface area (Å²) in [4.78, 5) is 16.4. The maximum absolute atomic E-state index is 13.5. The molecular weight excluding hydrogens is 483 g/mol. The summed E-state index contributed by atoms with van der Waals surface area (Å²) in [6.45, 7) is 2.81. The average Bonchev–Trinajstić information content (AvgIpc) is 3.18. The van der Waals surface area contributed by atoms with Crippen LogP contribution in [0.5, 0.6) is 0 Å². The summed E-state index contributed by atoms with van der Waals surface area (Å²) in [5.41, 5.74) is -3.21.